The number of thioether (sulfide) groups is 1. The molecule has 0 saturated heterocycles. The minimum atomic E-state index is -0.171. The monoisotopic (exact) mass is 492 g/mol. The van der Waals surface area contributed by atoms with E-state index in [1.54, 1.807) is 23.1 Å². The zero-order chi connectivity index (χ0) is 24.1. The topological polar surface area (TPSA) is 64.2 Å². The van der Waals surface area contributed by atoms with E-state index >= 15 is 0 Å². The summed E-state index contributed by atoms with van der Waals surface area (Å²) in [4.78, 5) is 21.7. The van der Waals surface area contributed by atoms with E-state index in [-0.39, 0.29) is 17.9 Å². The number of carbonyl (C=O) groups excluding carboxylic acids is 1. The van der Waals surface area contributed by atoms with Crippen LogP contribution in [0.25, 0.3) is 11.0 Å². The Morgan fingerprint density at radius 1 is 1.09 bits per heavy atom. The molecule has 2 heterocycles. The first-order valence-corrected chi connectivity index (χ1v) is 13.7. The van der Waals surface area contributed by atoms with Crippen LogP contribution in [0.4, 0.5) is 0 Å². The number of fused-ring (bicyclic) bond motifs is 1. The third kappa shape index (κ3) is 5.22. The van der Waals surface area contributed by atoms with Gasteiger partial charge in [0.05, 0.1) is 26.2 Å². The van der Waals surface area contributed by atoms with Crippen LogP contribution >= 0.6 is 23.1 Å². The molecular formula is C27H32N4OS2. The molecule has 0 aliphatic carbocycles. The number of hydrogen-bond acceptors (Lipinski definition) is 5. The lowest BCUT2D eigenvalue weighted by atomic mass is 10.0. The molecule has 2 aromatic carbocycles. The van der Waals surface area contributed by atoms with Crippen molar-refractivity contribution in [1.29, 1.82) is 0 Å². The van der Waals surface area contributed by atoms with Crippen LogP contribution < -0.4 is 5.73 Å². The largest absolute Gasteiger partial charge is 0.330 e. The van der Waals surface area contributed by atoms with Crippen molar-refractivity contribution in [3.8, 4) is 0 Å². The summed E-state index contributed by atoms with van der Waals surface area (Å²) in [6.45, 7) is 6.17. The number of amides is 1. The number of aromatic nitrogens is 2. The van der Waals surface area contributed by atoms with E-state index in [4.69, 9.17) is 10.7 Å². The van der Waals surface area contributed by atoms with Crippen molar-refractivity contribution < 1.29 is 4.79 Å². The average Bonchev–Trinajstić information content (AvgIpc) is 3.47. The first-order valence-electron chi connectivity index (χ1n) is 11.7. The van der Waals surface area contributed by atoms with Crippen molar-refractivity contribution in [3.63, 3.8) is 0 Å². The van der Waals surface area contributed by atoms with Gasteiger partial charge in [-0.3, -0.25) is 4.79 Å². The van der Waals surface area contributed by atoms with Crippen molar-refractivity contribution in [3.05, 3.63) is 83.0 Å². The van der Waals surface area contributed by atoms with E-state index in [0.29, 0.717) is 19.6 Å². The maximum atomic E-state index is 13.8. The van der Waals surface area contributed by atoms with Crippen molar-refractivity contribution in [2.45, 2.75) is 37.1 Å². The van der Waals surface area contributed by atoms with E-state index in [9.17, 15) is 4.79 Å². The second-order valence-corrected chi connectivity index (χ2v) is 10.9. The molecule has 7 heteroatoms. The molecule has 0 radical (unpaired) electrons. The summed E-state index contributed by atoms with van der Waals surface area (Å²) >= 11 is 3.22. The maximum Gasteiger partial charge on any atom is 0.264 e. The van der Waals surface area contributed by atoms with Gasteiger partial charge in [-0.15, -0.1) is 23.1 Å². The highest BCUT2D eigenvalue weighted by atomic mass is 32.2. The van der Waals surface area contributed by atoms with Gasteiger partial charge in [-0.05, 0) is 55.0 Å². The molecule has 2 N–H and O–H groups in total. The van der Waals surface area contributed by atoms with E-state index in [1.807, 2.05) is 47.6 Å². The number of thiophene rings is 1. The van der Waals surface area contributed by atoms with Gasteiger partial charge in [-0.2, -0.15) is 0 Å². The maximum absolute atomic E-state index is 13.8. The summed E-state index contributed by atoms with van der Waals surface area (Å²) in [6.07, 6.45) is 2.78. The second-order valence-electron chi connectivity index (χ2n) is 8.68. The lowest BCUT2D eigenvalue weighted by molar-refractivity contribution is 0.0610. The van der Waals surface area contributed by atoms with Crippen LogP contribution in [0.2, 0.25) is 0 Å². The predicted octanol–water partition coefficient (Wildman–Crippen LogP) is 6.06. The van der Waals surface area contributed by atoms with Crippen molar-refractivity contribution >= 4 is 40.0 Å². The van der Waals surface area contributed by atoms with E-state index in [0.717, 1.165) is 32.4 Å². The number of carbonyl (C=O) groups is 1. The molecule has 0 saturated carbocycles. The fraction of sp³-hybridized carbons (Fsp3) is 0.333. The second kappa shape index (κ2) is 11.2. The lowest BCUT2D eigenvalue weighted by Gasteiger charge is -2.34. The molecule has 178 valence electrons. The number of nitrogens with two attached hydrogens (primary N) is 1. The Morgan fingerprint density at radius 3 is 2.50 bits per heavy atom. The van der Waals surface area contributed by atoms with Crippen molar-refractivity contribution in [2.75, 3.05) is 19.3 Å². The Bertz CT molecular complexity index is 1230. The average molecular weight is 493 g/mol. The van der Waals surface area contributed by atoms with E-state index < -0.39 is 0 Å². The van der Waals surface area contributed by atoms with Gasteiger partial charge < -0.3 is 15.2 Å². The van der Waals surface area contributed by atoms with Gasteiger partial charge in [0, 0.05) is 13.1 Å². The highest BCUT2D eigenvalue weighted by Gasteiger charge is 2.33. The summed E-state index contributed by atoms with van der Waals surface area (Å²) in [6, 6.07) is 22.4. The summed E-state index contributed by atoms with van der Waals surface area (Å²) in [5.74, 6) is 1.15. The molecule has 0 fully saturated rings. The van der Waals surface area contributed by atoms with Gasteiger partial charge in [-0.1, -0.05) is 56.3 Å². The van der Waals surface area contributed by atoms with Gasteiger partial charge in [0.2, 0.25) is 0 Å². The normalized spacial score (nSPS) is 12.4. The smallest absolute Gasteiger partial charge is 0.264 e. The predicted molar refractivity (Wildman–Crippen MR) is 144 cm³/mol. The zero-order valence-electron chi connectivity index (χ0n) is 20.0. The Morgan fingerprint density at radius 2 is 1.82 bits per heavy atom. The van der Waals surface area contributed by atoms with Gasteiger partial charge in [0.15, 0.2) is 0 Å². The van der Waals surface area contributed by atoms with Gasteiger partial charge >= 0.3 is 0 Å². The molecule has 0 aliphatic rings. The number of para-hydroxylation sites is 2. The molecule has 1 unspecified atom stereocenters. The zero-order valence-corrected chi connectivity index (χ0v) is 21.6. The molecule has 0 bridgehead atoms. The van der Waals surface area contributed by atoms with Crippen LogP contribution in [0.15, 0.2) is 70.9 Å². The number of rotatable bonds is 10. The number of nitrogens with zero attached hydrogens (tertiary/aromatic N) is 3. The number of hydrogen-bond donors (Lipinski definition) is 1. The van der Waals surface area contributed by atoms with Crippen LogP contribution in [-0.2, 0) is 6.54 Å². The summed E-state index contributed by atoms with van der Waals surface area (Å²) in [7, 11) is 0. The quantitative estimate of drug-likeness (QED) is 0.274. The molecule has 4 rings (SSSR count). The van der Waals surface area contributed by atoms with Crippen LogP contribution in [0.3, 0.4) is 0 Å². The van der Waals surface area contributed by atoms with E-state index in [2.05, 4.69) is 48.7 Å². The number of benzene rings is 2. The number of imidazole rings is 1. The summed E-state index contributed by atoms with van der Waals surface area (Å²) in [5.41, 5.74) is 9.13. The molecule has 5 nitrogen and oxygen atoms in total. The van der Waals surface area contributed by atoms with Gasteiger partial charge in [0.1, 0.15) is 5.82 Å². The third-order valence-electron chi connectivity index (χ3n) is 5.96. The standard InChI is InChI=1S/C27H32N4OS2/c1-19(2)25(30(17-9-16-28)27(32)23-14-15-24(33-3)34-23)26-29-21-12-7-8-13-22(21)31(26)18-20-10-5-4-6-11-20/h4-8,10-15,19,25H,9,16-18,28H2,1-3H3. The molecule has 34 heavy (non-hydrogen) atoms. The van der Waals surface area contributed by atoms with Crippen molar-refractivity contribution in [2.24, 2.45) is 11.7 Å². The fourth-order valence-electron chi connectivity index (χ4n) is 4.36. The highest BCUT2D eigenvalue weighted by Crippen LogP contribution is 2.34. The molecule has 1 atom stereocenters. The Labute approximate surface area is 210 Å². The Hall–Kier alpha value is -2.61. The first kappa shape index (κ1) is 24.5. The molecular weight excluding hydrogens is 460 g/mol. The Kier molecular flexibility index (Phi) is 8.08. The molecule has 1 amide bonds. The van der Waals surface area contributed by atoms with Crippen LogP contribution in [0.1, 0.15) is 47.4 Å². The fourth-order valence-corrected chi connectivity index (χ4v) is 5.86. The third-order valence-corrected chi connectivity index (χ3v) is 8.11. The minimum Gasteiger partial charge on any atom is -0.330 e. The molecule has 0 aliphatic heterocycles. The lowest BCUT2D eigenvalue weighted by Crippen LogP contribution is -2.40. The van der Waals surface area contributed by atoms with Crippen LogP contribution in [0, 0.1) is 5.92 Å². The molecule has 0 spiro atoms. The first-order chi connectivity index (χ1) is 16.5. The van der Waals surface area contributed by atoms with Crippen molar-refractivity contribution in [1.82, 2.24) is 14.5 Å². The van der Waals surface area contributed by atoms with Crippen LogP contribution in [-0.4, -0.2) is 39.7 Å². The van der Waals surface area contributed by atoms with E-state index in [1.165, 1.54) is 5.56 Å². The van der Waals surface area contributed by atoms with Crippen LogP contribution in [0.5, 0.6) is 0 Å². The minimum absolute atomic E-state index is 0.0516. The summed E-state index contributed by atoms with van der Waals surface area (Å²) < 4.78 is 3.42. The van der Waals surface area contributed by atoms with Gasteiger partial charge in [-0.25, -0.2) is 4.98 Å². The molecule has 4 aromatic rings. The highest BCUT2D eigenvalue weighted by molar-refractivity contribution is 8.00. The summed E-state index contributed by atoms with van der Waals surface area (Å²) in [5, 5.41) is 0. The molecule has 2 aromatic heterocycles. The Balaban J connectivity index is 1.82. The SMILES string of the molecule is CSc1ccc(C(=O)N(CCCN)C(c2nc3ccccc3n2Cc2ccccc2)C(C)C)s1. The van der Waals surface area contributed by atoms with Gasteiger partial charge in [0.25, 0.3) is 5.91 Å².